The van der Waals surface area contributed by atoms with Gasteiger partial charge in [-0.25, -0.2) is 0 Å². The van der Waals surface area contributed by atoms with Gasteiger partial charge >= 0.3 is 12.4 Å². The Morgan fingerprint density at radius 3 is 1.90 bits per heavy atom. The largest absolute Gasteiger partial charge is 0.416 e. The number of hydrogen-bond acceptors (Lipinski definition) is 1. The number of alkyl halides is 6. The molecule has 1 aromatic carbocycles. The van der Waals surface area contributed by atoms with Gasteiger partial charge in [0.2, 0.25) is 0 Å². The zero-order valence-corrected chi connectivity index (χ0v) is 12.2. The minimum atomic E-state index is -4.87. The molecule has 0 fully saturated rings. The topological polar surface area (TPSA) is 26.0 Å². The van der Waals surface area contributed by atoms with Gasteiger partial charge in [0.15, 0.2) is 0 Å². The summed E-state index contributed by atoms with van der Waals surface area (Å²) < 4.78 is 76.2. The highest BCUT2D eigenvalue weighted by Crippen LogP contribution is 2.39. The molecule has 0 saturated heterocycles. The Kier molecular flexibility index (Phi) is 6.56. The normalized spacial score (nSPS) is 14.0. The molecule has 0 aliphatic heterocycles. The van der Waals surface area contributed by atoms with Gasteiger partial charge in [0, 0.05) is 6.04 Å². The molecule has 1 nitrogen and oxygen atoms in total. The molecule has 0 amide bonds. The van der Waals surface area contributed by atoms with Crippen LogP contribution in [0.5, 0.6) is 0 Å². The standard InChI is InChI=1S/C13H15F6N.ClH/c1-7(2)5-11(20)9-4-3-8(12(14,15)16)6-10(9)13(17,18)19;/h3-4,6-7,11H,5,20H2,1-2H3;1H/t11-;/m0./s1. The van der Waals surface area contributed by atoms with Gasteiger partial charge in [-0.1, -0.05) is 19.9 Å². The summed E-state index contributed by atoms with van der Waals surface area (Å²) >= 11 is 0. The predicted octanol–water partition coefficient (Wildman–Crippen LogP) is 5.19. The van der Waals surface area contributed by atoms with E-state index in [1.807, 2.05) is 0 Å². The molecule has 0 aliphatic carbocycles. The summed E-state index contributed by atoms with van der Waals surface area (Å²) in [4.78, 5) is 0. The lowest BCUT2D eigenvalue weighted by atomic mass is 9.92. The molecule has 2 N–H and O–H groups in total. The molecular weight excluding hydrogens is 320 g/mol. The number of benzene rings is 1. The highest BCUT2D eigenvalue weighted by Gasteiger charge is 2.38. The van der Waals surface area contributed by atoms with Crippen LogP contribution in [0.3, 0.4) is 0 Å². The Morgan fingerprint density at radius 1 is 1.00 bits per heavy atom. The molecule has 1 atom stereocenters. The van der Waals surface area contributed by atoms with Crippen molar-refractivity contribution in [3.63, 3.8) is 0 Å². The van der Waals surface area contributed by atoms with Crippen LogP contribution in [-0.2, 0) is 12.4 Å². The van der Waals surface area contributed by atoms with E-state index >= 15 is 0 Å². The Bertz CT molecular complexity index is 467. The van der Waals surface area contributed by atoms with Crippen molar-refractivity contribution in [2.75, 3.05) is 0 Å². The number of rotatable bonds is 3. The molecule has 0 heterocycles. The van der Waals surface area contributed by atoms with Crippen molar-refractivity contribution in [2.45, 2.75) is 38.7 Å². The molecule has 0 spiro atoms. The summed E-state index contributed by atoms with van der Waals surface area (Å²) in [5.41, 5.74) is 2.72. The monoisotopic (exact) mass is 335 g/mol. The van der Waals surface area contributed by atoms with Crippen LogP contribution < -0.4 is 5.73 Å². The Labute approximate surface area is 124 Å². The smallest absolute Gasteiger partial charge is 0.324 e. The second-order valence-corrected chi connectivity index (χ2v) is 5.03. The maximum Gasteiger partial charge on any atom is 0.416 e. The fraction of sp³-hybridized carbons (Fsp3) is 0.538. The molecular formula is C13H16ClF6N. The first-order valence-corrected chi connectivity index (χ1v) is 5.97. The van der Waals surface area contributed by atoms with Gasteiger partial charge < -0.3 is 5.73 Å². The molecule has 1 aromatic rings. The summed E-state index contributed by atoms with van der Waals surface area (Å²) in [5.74, 6) is 0.0355. The molecule has 122 valence electrons. The summed E-state index contributed by atoms with van der Waals surface area (Å²) in [5, 5.41) is 0. The lowest BCUT2D eigenvalue weighted by molar-refractivity contribution is -0.143. The van der Waals surface area contributed by atoms with E-state index in [9.17, 15) is 26.3 Å². The van der Waals surface area contributed by atoms with Gasteiger partial charge in [-0.2, -0.15) is 26.3 Å². The Morgan fingerprint density at radius 2 is 1.52 bits per heavy atom. The second kappa shape index (κ2) is 6.87. The van der Waals surface area contributed by atoms with Crippen molar-refractivity contribution in [1.29, 1.82) is 0 Å². The van der Waals surface area contributed by atoms with Crippen molar-refractivity contribution in [2.24, 2.45) is 11.7 Å². The maximum absolute atomic E-state index is 12.9. The van der Waals surface area contributed by atoms with E-state index in [-0.39, 0.29) is 36.4 Å². The Hall–Kier alpha value is -0.950. The fourth-order valence-electron chi connectivity index (χ4n) is 1.94. The van der Waals surface area contributed by atoms with E-state index in [1.165, 1.54) is 0 Å². The van der Waals surface area contributed by atoms with Gasteiger partial charge in [0.25, 0.3) is 0 Å². The molecule has 0 aromatic heterocycles. The average molecular weight is 336 g/mol. The third kappa shape index (κ3) is 5.39. The van der Waals surface area contributed by atoms with Gasteiger partial charge in [-0.15, -0.1) is 12.4 Å². The van der Waals surface area contributed by atoms with Crippen molar-refractivity contribution < 1.29 is 26.3 Å². The molecule has 0 aliphatic rings. The highest BCUT2D eigenvalue weighted by atomic mass is 35.5. The quantitative estimate of drug-likeness (QED) is 0.756. The summed E-state index contributed by atoms with van der Waals surface area (Å²) in [7, 11) is 0. The van der Waals surface area contributed by atoms with E-state index in [0.29, 0.717) is 6.07 Å². The summed E-state index contributed by atoms with van der Waals surface area (Å²) in [6.07, 6.45) is -9.43. The van der Waals surface area contributed by atoms with Crippen LogP contribution in [0.15, 0.2) is 18.2 Å². The lowest BCUT2D eigenvalue weighted by Gasteiger charge is -2.21. The molecule has 8 heteroatoms. The molecule has 1 rings (SSSR count). The van der Waals surface area contributed by atoms with E-state index in [1.54, 1.807) is 13.8 Å². The van der Waals surface area contributed by atoms with Gasteiger partial charge in [-0.05, 0) is 30.0 Å². The third-order valence-electron chi connectivity index (χ3n) is 2.81. The van der Waals surface area contributed by atoms with Crippen LogP contribution in [0, 0.1) is 5.92 Å². The van der Waals surface area contributed by atoms with Crippen LogP contribution in [0.25, 0.3) is 0 Å². The number of halogens is 7. The van der Waals surface area contributed by atoms with Crippen LogP contribution in [0.4, 0.5) is 26.3 Å². The van der Waals surface area contributed by atoms with Gasteiger partial charge in [0.1, 0.15) is 0 Å². The zero-order valence-electron chi connectivity index (χ0n) is 11.3. The molecule has 0 saturated carbocycles. The summed E-state index contributed by atoms with van der Waals surface area (Å²) in [6.45, 7) is 3.55. The van der Waals surface area contributed by atoms with E-state index in [0.717, 1.165) is 6.07 Å². The molecule has 0 radical (unpaired) electrons. The average Bonchev–Trinajstić information content (AvgIpc) is 2.24. The van der Waals surface area contributed by atoms with E-state index < -0.39 is 29.5 Å². The zero-order chi connectivity index (χ0) is 15.7. The second-order valence-electron chi connectivity index (χ2n) is 5.03. The fourth-order valence-corrected chi connectivity index (χ4v) is 1.94. The first kappa shape index (κ1) is 20.1. The van der Waals surface area contributed by atoms with Gasteiger partial charge in [-0.3, -0.25) is 0 Å². The van der Waals surface area contributed by atoms with Crippen molar-refractivity contribution >= 4 is 12.4 Å². The van der Waals surface area contributed by atoms with Crippen LogP contribution >= 0.6 is 12.4 Å². The molecule has 0 unspecified atom stereocenters. The maximum atomic E-state index is 12.9. The highest BCUT2D eigenvalue weighted by molar-refractivity contribution is 5.85. The van der Waals surface area contributed by atoms with Crippen molar-refractivity contribution in [1.82, 2.24) is 0 Å². The number of nitrogens with two attached hydrogens (primary N) is 1. The minimum absolute atomic E-state index is 0. The van der Waals surface area contributed by atoms with Crippen LogP contribution in [-0.4, -0.2) is 0 Å². The molecule has 21 heavy (non-hydrogen) atoms. The van der Waals surface area contributed by atoms with Crippen molar-refractivity contribution in [3.8, 4) is 0 Å². The molecule has 0 bridgehead atoms. The van der Waals surface area contributed by atoms with E-state index in [4.69, 9.17) is 5.73 Å². The van der Waals surface area contributed by atoms with Crippen LogP contribution in [0.1, 0.15) is 43.0 Å². The summed E-state index contributed by atoms with van der Waals surface area (Å²) in [6, 6.07) is 0.618. The third-order valence-corrected chi connectivity index (χ3v) is 2.81. The van der Waals surface area contributed by atoms with E-state index in [2.05, 4.69) is 0 Å². The van der Waals surface area contributed by atoms with Crippen molar-refractivity contribution in [3.05, 3.63) is 34.9 Å². The SMILES string of the molecule is CC(C)C[C@H](N)c1ccc(C(F)(F)F)cc1C(F)(F)F.Cl. The van der Waals surface area contributed by atoms with Gasteiger partial charge in [0.05, 0.1) is 11.1 Å². The first-order valence-electron chi connectivity index (χ1n) is 5.97. The number of hydrogen-bond donors (Lipinski definition) is 1. The predicted molar refractivity (Wildman–Crippen MR) is 70.1 cm³/mol. The minimum Gasteiger partial charge on any atom is -0.324 e. The Balaban J connectivity index is 0.00000400. The first-order chi connectivity index (χ1) is 8.93. The van der Waals surface area contributed by atoms with Crippen LogP contribution in [0.2, 0.25) is 0 Å². The lowest BCUT2D eigenvalue weighted by Crippen LogP contribution is -2.20.